The maximum atomic E-state index is 10.3. The Morgan fingerprint density at radius 3 is 2.82 bits per heavy atom. The summed E-state index contributed by atoms with van der Waals surface area (Å²) in [5.74, 6) is 2.09. The zero-order valence-corrected chi connectivity index (χ0v) is 13.3. The van der Waals surface area contributed by atoms with Crippen LogP contribution in [0.15, 0.2) is 28.6 Å². The number of furan rings is 1. The molecular formula is C14H24N4O4. The lowest BCUT2D eigenvalue weighted by Gasteiger charge is -2.08. The van der Waals surface area contributed by atoms with E-state index < -0.39 is 4.92 Å². The standard InChI is InChI=1S/C14H24N4O4/c1-15-14(10-18(19)20)16-7-4-8-21-11-13-6-5-12(22-13)9-17(2)3/h5-6,10,15-16H,4,7-9,11H2,1-3H3. The van der Waals surface area contributed by atoms with Crippen LogP contribution in [0.4, 0.5) is 0 Å². The van der Waals surface area contributed by atoms with Gasteiger partial charge in [-0.2, -0.15) is 0 Å². The average Bonchev–Trinajstić information content (AvgIpc) is 2.87. The third kappa shape index (κ3) is 7.65. The Hall–Kier alpha value is -2.06. The molecule has 0 fully saturated rings. The Bertz CT molecular complexity index is 485. The predicted octanol–water partition coefficient (Wildman–Crippen LogP) is 1.13. The molecule has 1 heterocycles. The van der Waals surface area contributed by atoms with Crippen molar-refractivity contribution >= 4 is 0 Å². The molecule has 0 aliphatic heterocycles. The van der Waals surface area contributed by atoms with Crippen molar-refractivity contribution in [2.24, 2.45) is 0 Å². The first kappa shape index (κ1) is 18.0. The summed E-state index contributed by atoms with van der Waals surface area (Å²) in [7, 11) is 5.60. The quantitative estimate of drug-likeness (QED) is 0.359. The first-order valence-corrected chi connectivity index (χ1v) is 7.08. The van der Waals surface area contributed by atoms with Crippen molar-refractivity contribution < 1.29 is 14.1 Å². The van der Waals surface area contributed by atoms with E-state index in [1.54, 1.807) is 7.05 Å². The number of nitrogens with one attached hydrogen (secondary N) is 2. The van der Waals surface area contributed by atoms with Crippen LogP contribution in [0.1, 0.15) is 17.9 Å². The van der Waals surface area contributed by atoms with E-state index in [0.717, 1.165) is 30.7 Å². The Balaban J connectivity index is 2.15. The summed E-state index contributed by atoms with van der Waals surface area (Å²) < 4.78 is 11.1. The van der Waals surface area contributed by atoms with Gasteiger partial charge in [0.15, 0.2) is 5.82 Å². The second-order valence-corrected chi connectivity index (χ2v) is 5.02. The van der Waals surface area contributed by atoms with Gasteiger partial charge in [0.25, 0.3) is 6.20 Å². The molecule has 0 amide bonds. The summed E-state index contributed by atoms with van der Waals surface area (Å²) >= 11 is 0. The normalized spacial score (nSPS) is 11.7. The predicted molar refractivity (Wildman–Crippen MR) is 82.5 cm³/mol. The molecule has 0 radical (unpaired) electrons. The largest absolute Gasteiger partial charge is 0.462 e. The molecule has 0 unspecified atom stereocenters. The van der Waals surface area contributed by atoms with E-state index in [-0.39, 0.29) is 0 Å². The van der Waals surface area contributed by atoms with Gasteiger partial charge >= 0.3 is 0 Å². The Kier molecular flexibility index (Phi) is 8.01. The highest BCUT2D eigenvalue weighted by Gasteiger charge is 2.03. The van der Waals surface area contributed by atoms with Gasteiger partial charge in [0.05, 0.1) is 11.5 Å². The van der Waals surface area contributed by atoms with Gasteiger partial charge in [0, 0.05) is 20.2 Å². The minimum Gasteiger partial charge on any atom is -0.462 e. The molecule has 0 spiro atoms. The molecule has 1 rings (SSSR count). The summed E-state index contributed by atoms with van der Waals surface area (Å²) in [6.07, 6.45) is 1.64. The van der Waals surface area contributed by atoms with E-state index in [2.05, 4.69) is 10.6 Å². The lowest BCUT2D eigenvalue weighted by molar-refractivity contribution is -0.404. The summed E-state index contributed by atoms with van der Waals surface area (Å²) in [6, 6.07) is 3.86. The van der Waals surface area contributed by atoms with Crippen molar-refractivity contribution in [1.29, 1.82) is 0 Å². The fourth-order valence-corrected chi connectivity index (χ4v) is 1.77. The summed E-state index contributed by atoms with van der Waals surface area (Å²) in [4.78, 5) is 11.9. The number of rotatable bonds is 11. The molecule has 8 heteroatoms. The first-order valence-electron chi connectivity index (χ1n) is 7.08. The van der Waals surface area contributed by atoms with Crippen molar-refractivity contribution in [1.82, 2.24) is 15.5 Å². The molecule has 0 aromatic carbocycles. The van der Waals surface area contributed by atoms with Crippen molar-refractivity contribution in [3.63, 3.8) is 0 Å². The second kappa shape index (κ2) is 9.80. The maximum Gasteiger partial charge on any atom is 0.274 e. The molecule has 1 aromatic heterocycles. The topological polar surface area (TPSA) is 92.8 Å². The van der Waals surface area contributed by atoms with Gasteiger partial charge in [-0.25, -0.2) is 0 Å². The van der Waals surface area contributed by atoms with Crippen LogP contribution in [0.2, 0.25) is 0 Å². The molecule has 8 nitrogen and oxygen atoms in total. The van der Waals surface area contributed by atoms with Gasteiger partial charge in [0.2, 0.25) is 0 Å². The van der Waals surface area contributed by atoms with Crippen LogP contribution in [-0.2, 0) is 17.9 Å². The van der Waals surface area contributed by atoms with Crippen LogP contribution in [-0.4, -0.2) is 44.1 Å². The van der Waals surface area contributed by atoms with Gasteiger partial charge in [-0.3, -0.25) is 10.1 Å². The van der Waals surface area contributed by atoms with Crippen LogP contribution in [0.3, 0.4) is 0 Å². The van der Waals surface area contributed by atoms with Crippen LogP contribution < -0.4 is 10.6 Å². The number of nitro groups is 1. The van der Waals surface area contributed by atoms with Gasteiger partial charge in [0.1, 0.15) is 18.1 Å². The fraction of sp³-hybridized carbons (Fsp3) is 0.571. The maximum absolute atomic E-state index is 10.3. The molecule has 22 heavy (non-hydrogen) atoms. The Labute approximate surface area is 130 Å². The summed E-state index contributed by atoms with van der Waals surface area (Å²) in [5, 5.41) is 16.0. The van der Waals surface area contributed by atoms with Crippen LogP contribution in [0.5, 0.6) is 0 Å². The third-order valence-electron chi connectivity index (χ3n) is 2.72. The average molecular weight is 312 g/mol. The van der Waals surface area contributed by atoms with E-state index in [4.69, 9.17) is 9.15 Å². The fourth-order valence-electron chi connectivity index (χ4n) is 1.77. The van der Waals surface area contributed by atoms with Crippen molar-refractivity contribution in [2.75, 3.05) is 34.3 Å². The highest BCUT2D eigenvalue weighted by atomic mass is 16.6. The zero-order chi connectivity index (χ0) is 16.4. The Morgan fingerprint density at radius 2 is 2.18 bits per heavy atom. The molecule has 0 atom stereocenters. The molecule has 124 valence electrons. The van der Waals surface area contributed by atoms with Gasteiger partial charge in [-0.15, -0.1) is 0 Å². The minimum atomic E-state index is -0.502. The van der Waals surface area contributed by atoms with Gasteiger partial charge < -0.3 is 24.7 Å². The smallest absolute Gasteiger partial charge is 0.274 e. The van der Waals surface area contributed by atoms with Crippen molar-refractivity contribution in [3.8, 4) is 0 Å². The molecule has 0 saturated heterocycles. The molecular weight excluding hydrogens is 288 g/mol. The van der Waals surface area contributed by atoms with Crippen LogP contribution in [0.25, 0.3) is 0 Å². The van der Waals surface area contributed by atoms with E-state index >= 15 is 0 Å². The minimum absolute atomic E-state index is 0.379. The molecule has 0 bridgehead atoms. The number of hydrogen-bond acceptors (Lipinski definition) is 7. The monoisotopic (exact) mass is 312 g/mol. The first-order chi connectivity index (χ1) is 10.5. The molecule has 2 N–H and O–H groups in total. The molecule has 0 saturated carbocycles. The lowest BCUT2D eigenvalue weighted by Crippen LogP contribution is -2.26. The second-order valence-electron chi connectivity index (χ2n) is 5.02. The summed E-state index contributed by atoms with van der Waals surface area (Å²) in [6.45, 7) is 2.33. The number of ether oxygens (including phenoxy) is 1. The van der Waals surface area contributed by atoms with E-state index in [0.29, 0.717) is 25.6 Å². The van der Waals surface area contributed by atoms with Crippen molar-refractivity contribution in [3.05, 3.63) is 45.8 Å². The number of nitrogens with zero attached hydrogens (tertiary/aromatic N) is 2. The van der Waals surface area contributed by atoms with E-state index in [9.17, 15) is 10.1 Å². The zero-order valence-electron chi connectivity index (χ0n) is 13.3. The van der Waals surface area contributed by atoms with Crippen LogP contribution >= 0.6 is 0 Å². The van der Waals surface area contributed by atoms with Crippen molar-refractivity contribution in [2.45, 2.75) is 19.6 Å². The van der Waals surface area contributed by atoms with E-state index in [1.165, 1.54) is 0 Å². The molecule has 0 aliphatic rings. The van der Waals surface area contributed by atoms with Gasteiger partial charge in [-0.1, -0.05) is 0 Å². The van der Waals surface area contributed by atoms with Crippen LogP contribution in [0, 0.1) is 10.1 Å². The highest BCUT2D eigenvalue weighted by molar-refractivity contribution is 5.06. The summed E-state index contributed by atoms with van der Waals surface area (Å²) in [5.41, 5.74) is 0. The molecule has 0 aliphatic carbocycles. The lowest BCUT2D eigenvalue weighted by atomic mass is 10.4. The molecule has 1 aromatic rings. The number of hydrogen-bond donors (Lipinski definition) is 2. The third-order valence-corrected chi connectivity index (χ3v) is 2.72. The SMILES string of the molecule is CNC(=C[N+](=O)[O-])NCCCOCc1ccc(CN(C)C)o1. The van der Waals surface area contributed by atoms with Gasteiger partial charge in [-0.05, 0) is 32.6 Å². The Morgan fingerprint density at radius 1 is 1.45 bits per heavy atom. The van der Waals surface area contributed by atoms with E-state index in [1.807, 2.05) is 31.1 Å². The highest BCUT2D eigenvalue weighted by Crippen LogP contribution is 2.10.